The molecule has 0 fully saturated rings. The molecule has 1 aliphatic carbocycles. The second-order valence-corrected chi connectivity index (χ2v) is 4.32. The molecule has 0 aromatic heterocycles. The Labute approximate surface area is 92.1 Å². The highest BCUT2D eigenvalue weighted by molar-refractivity contribution is 5.85. The highest BCUT2D eigenvalue weighted by Crippen LogP contribution is 2.42. The molecule has 78 valence electrons. The van der Waals surface area contributed by atoms with Crippen LogP contribution in [0.2, 0.25) is 0 Å². The van der Waals surface area contributed by atoms with Gasteiger partial charge >= 0.3 is 0 Å². The predicted octanol–water partition coefficient (Wildman–Crippen LogP) is 3.25. The van der Waals surface area contributed by atoms with Gasteiger partial charge in [-0.05, 0) is 29.4 Å². The summed E-state index contributed by atoms with van der Waals surface area (Å²) in [4.78, 5) is 0. The number of fused-ring (bicyclic) bond motifs is 1. The van der Waals surface area contributed by atoms with Crippen molar-refractivity contribution in [2.24, 2.45) is 11.7 Å². The average Bonchev–Trinajstić information content (AvgIpc) is 2.45. The fraction of sp³-hybridized carbons (Fsp3) is 0.500. The van der Waals surface area contributed by atoms with Gasteiger partial charge in [0, 0.05) is 6.04 Å². The number of hydrogen-bond acceptors (Lipinski definition) is 1. The summed E-state index contributed by atoms with van der Waals surface area (Å²) in [5.74, 6) is 1.38. The van der Waals surface area contributed by atoms with Crippen LogP contribution in [0.4, 0.5) is 0 Å². The minimum absolute atomic E-state index is 0. The molecule has 0 radical (unpaired) electrons. The van der Waals surface area contributed by atoms with Crippen molar-refractivity contribution < 1.29 is 0 Å². The second kappa shape index (κ2) is 4.33. The van der Waals surface area contributed by atoms with Crippen LogP contribution in [-0.4, -0.2) is 0 Å². The van der Waals surface area contributed by atoms with Crippen LogP contribution in [0.1, 0.15) is 43.4 Å². The first kappa shape index (κ1) is 11.5. The first-order valence-corrected chi connectivity index (χ1v) is 5.04. The van der Waals surface area contributed by atoms with Gasteiger partial charge in [0.2, 0.25) is 0 Å². The summed E-state index contributed by atoms with van der Waals surface area (Å²) >= 11 is 0. The molecule has 1 aromatic carbocycles. The molecule has 0 amide bonds. The quantitative estimate of drug-likeness (QED) is 0.759. The molecule has 0 saturated carbocycles. The van der Waals surface area contributed by atoms with E-state index in [1.54, 1.807) is 0 Å². The first-order chi connectivity index (χ1) is 6.20. The molecule has 0 bridgehead atoms. The molecule has 1 nitrogen and oxygen atoms in total. The Morgan fingerprint density at radius 2 is 1.79 bits per heavy atom. The highest BCUT2D eigenvalue weighted by Gasteiger charge is 2.29. The second-order valence-electron chi connectivity index (χ2n) is 4.32. The number of halogens is 1. The van der Waals surface area contributed by atoms with Crippen LogP contribution in [0.5, 0.6) is 0 Å². The fourth-order valence-corrected chi connectivity index (χ4v) is 2.35. The van der Waals surface area contributed by atoms with E-state index >= 15 is 0 Å². The van der Waals surface area contributed by atoms with Crippen molar-refractivity contribution >= 4 is 12.4 Å². The van der Waals surface area contributed by atoms with Gasteiger partial charge in [-0.15, -0.1) is 12.4 Å². The third-order valence-electron chi connectivity index (χ3n) is 3.11. The Morgan fingerprint density at radius 3 is 2.36 bits per heavy atom. The van der Waals surface area contributed by atoms with E-state index < -0.39 is 0 Å². The van der Waals surface area contributed by atoms with Gasteiger partial charge in [-0.3, -0.25) is 0 Å². The number of hydrogen-bond donors (Lipinski definition) is 1. The fourth-order valence-electron chi connectivity index (χ4n) is 2.35. The molecule has 0 aliphatic heterocycles. The third kappa shape index (κ3) is 1.79. The maximum atomic E-state index is 6.07. The van der Waals surface area contributed by atoms with Crippen molar-refractivity contribution in [2.75, 3.05) is 0 Å². The molecule has 2 rings (SSSR count). The molecule has 0 unspecified atom stereocenters. The molecule has 2 N–H and O–H groups in total. The lowest BCUT2D eigenvalue weighted by Crippen LogP contribution is -2.07. The van der Waals surface area contributed by atoms with Crippen LogP contribution in [0.3, 0.4) is 0 Å². The lowest BCUT2D eigenvalue weighted by Gasteiger charge is -2.15. The smallest absolute Gasteiger partial charge is 0.0303 e. The van der Waals surface area contributed by atoms with Gasteiger partial charge in [0.15, 0.2) is 0 Å². The molecule has 1 aliphatic rings. The van der Waals surface area contributed by atoms with Gasteiger partial charge in [-0.1, -0.05) is 38.1 Å². The minimum Gasteiger partial charge on any atom is -0.324 e. The van der Waals surface area contributed by atoms with E-state index in [4.69, 9.17) is 5.73 Å². The lowest BCUT2D eigenvalue weighted by atomic mass is 9.90. The first-order valence-electron chi connectivity index (χ1n) is 5.04. The van der Waals surface area contributed by atoms with Crippen molar-refractivity contribution in [2.45, 2.75) is 32.2 Å². The normalized spacial score (nSPS) is 24.6. The summed E-state index contributed by atoms with van der Waals surface area (Å²) < 4.78 is 0. The molecule has 0 spiro atoms. The van der Waals surface area contributed by atoms with Gasteiger partial charge in [-0.2, -0.15) is 0 Å². The molecule has 14 heavy (non-hydrogen) atoms. The van der Waals surface area contributed by atoms with E-state index in [0.717, 1.165) is 6.42 Å². The highest BCUT2D eigenvalue weighted by atomic mass is 35.5. The van der Waals surface area contributed by atoms with Crippen LogP contribution in [0.25, 0.3) is 0 Å². The van der Waals surface area contributed by atoms with E-state index in [-0.39, 0.29) is 18.4 Å². The van der Waals surface area contributed by atoms with E-state index in [0.29, 0.717) is 11.8 Å². The van der Waals surface area contributed by atoms with Crippen LogP contribution < -0.4 is 5.73 Å². The zero-order valence-corrected chi connectivity index (χ0v) is 9.55. The number of rotatable bonds is 1. The van der Waals surface area contributed by atoms with Gasteiger partial charge in [0.25, 0.3) is 0 Å². The molecule has 0 saturated heterocycles. The zero-order valence-electron chi connectivity index (χ0n) is 8.73. The van der Waals surface area contributed by atoms with Gasteiger partial charge in [0.05, 0.1) is 0 Å². The van der Waals surface area contributed by atoms with Crippen molar-refractivity contribution in [1.82, 2.24) is 0 Å². The number of nitrogens with two attached hydrogens (primary N) is 1. The molecule has 0 heterocycles. The van der Waals surface area contributed by atoms with Crippen LogP contribution in [0.15, 0.2) is 24.3 Å². The van der Waals surface area contributed by atoms with E-state index in [9.17, 15) is 0 Å². The van der Waals surface area contributed by atoms with Crippen LogP contribution in [-0.2, 0) is 0 Å². The zero-order chi connectivity index (χ0) is 9.42. The van der Waals surface area contributed by atoms with Gasteiger partial charge in [-0.25, -0.2) is 0 Å². The summed E-state index contributed by atoms with van der Waals surface area (Å²) in [5, 5.41) is 0. The Bertz CT molecular complexity index is 309. The summed E-state index contributed by atoms with van der Waals surface area (Å²) in [7, 11) is 0. The maximum absolute atomic E-state index is 6.07. The standard InChI is InChI=1S/C12H17N.ClH/c1-8(2)11-7-12(13)10-6-4-3-5-9(10)11;/h3-6,8,11-12H,7,13H2,1-2H3;1H/t11-,12-;/m0./s1. The average molecular weight is 212 g/mol. The van der Waals surface area contributed by atoms with Crippen LogP contribution in [0, 0.1) is 5.92 Å². The third-order valence-corrected chi connectivity index (χ3v) is 3.11. The Hall–Kier alpha value is -0.530. The SMILES string of the molecule is CC(C)[C@@H]1C[C@H](N)c2ccccc21.Cl. The van der Waals surface area contributed by atoms with Crippen molar-refractivity contribution in [3.63, 3.8) is 0 Å². The monoisotopic (exact) mass is 211 g/mol. The van der Waals surface area contributed by atoms with Crippen molar-refractivity contribution in [3.8, 4) is 0 Å². The molecule has 1 aromatic rings. The van der Waals surface area contributed by atoms with E-state index in [2.05, 4.69) is 38.1 Å². The van der Waals surface area contributed by atoms with E-state index in [1.807, 2.05) is 0 Å². The molecule has 2 atom stereocenters. The molecular formula is C12H18ClN. The summed E-state index contributed by atoms with van der Waals surface area (Å²) in [5.41, 5.74) is 8.91. The van der Waals surface area contributed by atoms with Gasteiger partial charge < -0.3 is 5.73 Å². The Balaban J connectivity index is 0.000000980. The Morgan fingerprint density at radius 1 is 1.21 bits per heavy atom. The summed E-state index contributed by atoms with van der Waals surface area (Å²) in [6.07, 6.45) is 1.12. The topological polar surface area (TPSA) is 26.0 Å². The summed E-state index contributed by atoms with van der Waals surface area (Å²) in [6, 6.07) is 8.87. The maximum Gasteiger partial charge on any atom is 0.0303 e. The van der Waals surface area contributed by atoms with Crippen molar-refractivity contribution in [3.05, 3.63) is 35.4 Å². The van der Waals surface area contributed by atoms with Gasteiger partial charge in [0.1, 0.15) is 0 Å². The van der Waals surface area contributed by atoms with E-state index in [1.165, 1.54) is 11.1 Å². The minimum atomic E-state index is 0. The molecule has 2 heteroatoms. The van der Waals surface area contributed by atoms with Crippen LogP contribution >= 0.6 is 12.4 Å². The largest absolute Gasteiger partial charge is 0.324 e. The number of benzene rings is 1. The lowest BCUT2D eigenvalue weighted by molar-refractivity contribution is 0.470. The van der Waals surface area contributed by atoms with Crippen molar-refractivity contribution in [1.29, 1.82) is 0 Å². The Kier molecular flexibility index (Phi) is 3.57. The summed E-state index contributed by atoms with van der Waals surface area (Å²) in [6.45, 7) is 4.55. The predicted molar refractivity (Wildman–Crippen MR) is 62.8 cm³/mol. The molecular weight excluding hydrogens is 194 g/mol.